The summed E-state index contributed by atoms with van der Waals surface area (Å²) in [5.41, 5.74) is 6.63. The van der Waals surface area contributed by atoms with Crippen LogP contribution < -0.4 is 11.1 Å². The number of nitrogens with zero attached hydrogens (tertiary/aromatic N) is 4. The van der Waals surface area contributed by atoms with Crippen molar-refractivity contribution in [3.8, 4) is 12.1 Å². The number of nitrogens with two attached hydrogens (primary N) is 1. The molecule has 0 fully saturated rings. The van der Waals surface area contributed by atoms with E-state index in [1.165, 1.54) is 11.3 Å². The molecule has 22 heavy (non-hydrogen) atoms. The van der Waals surface area contributed by atoms with Crippen molar-refractivity contribution in [2.45, 2.75) is 11.9 Å². The summed E-state index contributed by atoms with van der Waals surface area (Å²) in [5, 5.41) is 23.5. The summed E-state index contributed by atoms with van der Waals surface area (Å²) in [4.78, 5) is 19.8. The first kappa shape index (κ1) is 15.8. The Labute approximate surface area is 134 Å². The lowest BCUT2D eigenvalue weighted by atomic mass is 10.1. The number of thiazole rings is 1. The number of nitrogens with one attached hydrogen (secondary N) is 1. The molecule has 0 radical (unpaired) electrons. The summed E-state index contributed by atoms with van der Waals surface area (Å²) < 4.78 is 0. The fraction of sp³-hybridized carbons (Fsp3) is 0.154. The van der Waals surface area contributed by atoms with Crippen molar-refractivity contribution in [3.63, 3.8) is 0 Å². The standard InChI is InChI=1S/C13H10N6OS2/c1-7-8(4-14)11(16)19-12(9(7)5-15)22-6-10(20)18-13-17-2-3-21-13/h2-3H,6H2,1H3,(H2,16,19)(H,17,18,20). The number of carbonyl (C=O) groups excluding carboxylic acids is 1. The number of nitriles is 2. The molecule has 0 saturated carbocycles. The van der Waals surface area contributed by atoms with Crippen molar-refractivity contribution < 1.29 is 4.79 Å². The van der Waals surface area contributed by atoms with Gasteiger partial charge in [-0.15, -0.1) is 11.3 Å². The molecule has 1 amide bonds. The van der Waals surface area contributed by atoms with E-state index in [0.717, 1.165) is 11.8 Å². The Kier molecular flexibility index (Phi) is 4.94. The van der Waals surface area contributed by atoms with Gasteiger partial charge in [0.15, 0.2) is 5.13 Å². The highest BCUT2D eigenvalue weighted by molar-refractivity contribution is 8.00. The Bertz CT molecular complexity index is 788. The molecule has 0 spiro atoms. The fourth-order valence-corrected chi connectivity index (χ4v) is 3.04. The van der Waals surface area contributed by atoms with E-state index in [-0.39, 0.29) is 28.6 Å². The number of rotatable bonds is 4. The smallest absolute Gasteiger partial charge is 0.236 e. The van der Waals surface area contributed by atoms with E-state index in [0.29, 0.717) is 15.7 Å². The Morgan fingerprint density at radius 2 is 2.18 bits per heavy atom. The van der Waals surface area contributed by atoms with Crippen LogP contribution in [-0.2, 0) is 4.79 Å². The maximum atomic E-state index is 11.8. The van der Waals surface area contributed by atoms with Crippen molar-refractivity contribution in [3.05, 3.63) is 28.3 Å². The second-order valence-electron chi connectivity index (χ2n) is 4.07. The van der Waals surface area contributed by atoms with Gasteiger partial charge in [-0.25, -0.2) is 9.97 Å². The van der Waals surface area contributed by atoms with E-state index in [9.17, 15) is 10.1 Å². The van der Waals surface area contributed by atoms with Gasteiger partial charge in [-0.3, -0.25) is 4.79 Å². The Balaban J connectivity index is 2.15. The van der Waals surface area contributed by atoms with Crippen LogP contribution in [0.25, 0.3) is 0 Å². The summed E-state index contributed by atoms with van der Waals surface area (Å²) in [6, 6.07) is 3.93. The molecule has 7 nitrogen and oxygen atoms in total. The van der Waals surface area contributed by atoms with Crippen molar-refractivity contribution in [1.82, 2.24) is 9.97 Å². The Hall–Kier alpha value is -2.62. The van der Waals surface area contributed by atoms with Gasteiger partial charge in [-0.1, -0.05) is 11.8 Å². The number of aromatic nitrogens is 2. The van der Waals surface area contributed by atoms with Gasteiger partial charge < -0.3 is 11.1 Å². The second kappa shape index (κ2) is 6.89. The van der Waals surface area contributed by atoms with Crippen LogP contribution >= 0.6 is 23.1 Å². The molecule has 0 saturated heterocycles. The van der Waals surface area contributed by atoms with Crippen LogP contribution in [0.2, 0.25) is 0 Å². The molecule has 110 valence electrons. The number of hydrogen-bond acceptors (Lipinski definition) is 8. The topological polar surface area (TPSA) is 128 Å². The third kappa shape index (κ3) is 3.34. The number of anilines is 2. The highest BCUT2D eigenvalue weighted by Gasteiger charge is 2.17. The zero-order valence-corrected chi connectivity index (χ0v) is 13.1. The van der Waals surface area contributed by atoms with Crippen LogP contribution in [0.5, 0.6) is 0 Å². The number of hydrogen-bond donors (Lipinski definition) is 2. The monoisotopic (exact) mass is 330 g/mol. The van der Waals surface area contributed by atoms with Crippen LogP contribution in [-0.4, -0.2) is 21.6 Å². The van der Waals surface area contributed by atoms with Gasteiger partial charge >= 0.3 is 0 Å². The first-order valence-electron chi connectivity index (χ1n) is 5.99. The van der Waals surface area contributed by atoms with Gasteiger partial charge in [0.1, 0.15) is 23.0 Å². The van der Waals surface area contributed by atoms with Crippen LogP contribution in [0.4, 0.5) is 10.9 Å². The number of thioether (sulfide) groups is 1. The molecule has 2 heterocycles. The highest BCUT2D eigenvalue weighted by atomic mass is 32.2. The van der Waals surface area contributed by atoms with Gasteiger partial charge in [-0.2, -0.15) is 10.5 Å². The lowest BCUT2D eigenvalue weighted by Gasteiger charge is -2.09. The summed E-state index contributed by atoms with van der Waals surface area (Å²) in [6.45, 7) is 1.63. The van der Waals surface area contributed by atoms with E-state index < -0.39 is 0 Å². The van der Waals surface area contributed by atoms with Crippen LogP contribution in [0, 0.1) is 29.6 Å². The average molecular weight is 330 g/mol. The minimum Gasteiger partial charge on any atom is -0.383 e. The van der Waals surface area contributed by atoms with Gasteiger partial charge in [0, 0.05) is 11.6 Å². The molecular formula is C13H10N6OS2. The largest absolute Gasteiger partial charge is 0.383 e. The average Bonchev–Trinajstić information content (AvgIpc) is 2.98. The molecule has 0 unspecified atom stereocenters. The molecule has 0 bridgehead atoms. The van der Waals surface area contributed by atoms with E-state index >= 15 is 0 Å². The van der Waals surface area contributed by atoms with Gasteiger partial charge in [-0.05, 0) is 12.5 Å². The molecule has 0 aliphatic carbocycles. The molecule has 2 aromatic rings. The van der Waals surface area contributed by atoms with Crippen molar-refractivity contribution in [2.24, 2.45) is 0 Å². The predicted octanol–water partition coefficient (Wildman–Crippen LogP) is 1.90. The zero-order chi connectivity index (χ0) is 16.1. The first-order valence-corrected chi connectivity index (χ1v) is 7.85. The summed E-state index contributed by atoms with van der Waals surface area (Å²) >= 11 is 2.40. The van der Waals surface area contributed by atoms with E-state index in [1.54, 1.807) is 18.5 Å². The van der Waals surface area contributed by atoms with Crippen LogP contribution in [0.15, 0.2) is 16.6 Å². The predicted molar refractivity (Wildman–Crippen MR) is 84.3 cm³/mol. The van der Waals surface area contributed by atoms with Crippen molar-refractivity contribution >= 4 is 40.0 Å². The normalized spacial score (nSPS) is 9.77. The van der Waals surface area contributed by atoms with Gasteiger partial charge in [0.05, 0.1) is 16.9 Å². The molecule has 0 atom stereocenters. The molecule has 0 aliphatic heterocycles. The van der Waals surface area contributed by atoms with E-state index in [2.05, 4.69) is 15.3 Å². The van der Waals surface area contributed by atoms with E-state index in [1.807, 2.05) is 12.1 Å². The molecule has 2 rings (SSSR count). The molecule has 3 N–H and O–H groups in total. The molecule has 0 aromatic carbocycles. The number of carbonyl (C=O) groups is 1. The summed E-state index contributed by atoms with van der Waals surface area (Å²) in [5.74, 6) is -0.139. The molecule has 0 aliphatic rings. The van der Waals surface area contributed by atoms with E-state index in [4.69, 9.17) is 11.0 Å². The van der Waals surface area contributed by atoms with Crippen molar-refractivity contribution in [1.29, 1.82) is 10.5 Å². The zero-order valence-electron chi connectivity index (χ0n) is 11.5. The van der Waals surface area contributed by atoms with Crippen LogP contribution in [0.3, 0.4) is 0 Å². The lowest BCUT2D eigenvalue weighted by Crippen LogP contribution is -2.14. The Morgan fingerprint density at radius 1 is 1.45 bits per heavy atom. The van der Waals surface area contributed by atoms with Gasteiger partial charge in [0.25, 0.3) is 0 Å². The number of pyridine rings is 1. The van der Waals surface area contributed by atoms with Crippen LogP contribution in [0.1, 0.15) is 16.7 Å². The number of amides is 1. The lowest BCUT2D eigenvalue weighted by molar-refractivity contribution is -0.113. The SMILES string of the molecule is Cc1c(C#N)c(N)nc(SCC(=O)Nc2nccs2)c1C#N. The maximum absolute atomic E-state index is 11.8. The Morgan fingerprint density at radius 3 is 2.77 bits per heavy atom. The minimum absolute atomic E-state index is 0.0573. The van der Waals surface area contributed by atoms with Crippen molar-refractivity contribution in [2.75, 3.05) is 16.8 Å². The fourth-order valence-electron chi connectivity index (χ4n) is 1.65. The summed E-state index contributed by atoms with van der Waals surface area (Å²) in [7, 11) is 0. The minimum atomic E-state index is -0.258. The third-order valence-corrected chi connectivity index (χ3v) is 4.35. The number of nitrogen functional groups attached to an aromatic ring is 1. The maximum Gasteiger partial charge on any atom is 0.236 e. The summed E-state index contributed by atoms with van der Waals surface area (Å²) in [6.07, 6.45) is 1.59. The highest BCUT2D eigenvalue weighted by Crippen LogP contribution is 2.27. The first-order chi connectivity index (χ1) is 10.6. The quantitative estimate of drug-likeness (QED) is 0.819. The second-order valence-corrected chi connectivity index (χ2v) is 5.93. The molecular weight excluding hydrogens is 320 g/mol. The third-order valence-electron chi connectivity index (χ3n) is 2.68. The van der Waals surface area contributed by atoms with Gasteiger partial charge in [0.2, 0.25) is 5.91 Å². The molecule has 9 heteroatoms. The molecule has 2 aromatic heterocycles.